The molecule has 0 bridgehead atoms. The fourth-order valence-electron chi connectivity index (χ4n) is 4.99. The number of nitrogens with one attached hydrogen (secondary N) is 1. The molecule has 0 spiro atoms. The van der Waals surface area contributed by atoms with Crippen LogP contribution in [-0.4, -0.2) is 44.7 Å². The number of halogens is 2. The number of para-hydroxylation sites is 1. The van der Waals surface area contributed by atoms with E-state index in [1.807, 2.05) is 25.1 Å². The first-order valence-electron chi connectivity index (χ1n) is 12.4. The van der Waals surface area contributed by atoms with Gasteiger partial charge in [-0.15, -0.1) is 0 Å². The van der Waals surface area contributed by atoms with Crippen molar-refractivity contribution in [1.29, 1.82) is 0 Å². The van der Waals surface area contributed by atoms with Crippen molar-refractivity contribution in [2.45, 2.75) is 43.7 Å². The summed E-state index contributed by atoms with van der Waals surface area (Å²) in [5, 5.41) is 14.6. The predicted octanol–water partition coefficient (Wildman–Crippen LogP) is 4.98. The third-order valence-electron chi connectivity index (χ3n) is 6.80. The van der Waals surface area contributed by atoms with Crippen LogP contribution in [0.4, 0.5) is 19.3 Å². The van der Waals surface area contributed by atoms with Crippen LogP contribution >= 0.6 is 10.6 Å². The Bertz CT molecular complexity index is 1260. The molecule has 0 unspecified atom stereocenters. The highest BCUT2D eigenvalue weighted by molar-refractivity contribution is 8.23. The SMILES string of the molecule is CCc1ccc2c(c1)[C@@H](NC[C@H](O)[C@H](Cc1cc(F)cc(F)c1)N(C(N)=O)c1ccccc1)CS(O)(O)C2. The number of aliphatic hydroxyl groups is 1. The third kappa shape index (κ3) is 6.69. The molecule has 0 fully saturated rings. The maximum absolute atomic E-state index is 14.0. The molecule has 4 rings (SSSR count). The molecule has 1 aliphatic heterocycles. The highest BCUT2D eigenvalue weighted by atomic mass is 32.3. The van der Waals surface area contributed by atoms with Crippen molar-refractivity contribution in [3.05, 3.63) is 101 Å². The molecule has 7 nitrogen and oxygen atoms in total. The topological polar surface area (TPSA) is 119 Å². The number of nitrogens with zero attached hydrogens (tertiary/aromatic N) is 1. The number of primary amides is 1. The lowest BCUT2D eigenvalue weighted by Gasteiger charge is -2.42. The van der Waals surface area contributed by atoms with Gasteiger partial charge in [0.15, 0.2) is 0 Å². The number of hydrogen-bond donors (Lipinski definition) is 5. The fraction of sp³-hybridized carbons (Fsp3) is 0.321. The van der Waals surface area contributed by atoms with E-state index in [1.54, 1.807) is 30.3 Å². The zero-order chi connectivity index (χ0) is 27.4. The van der Waals surface area contributed by atoms with Crippen LogP contribution in [0.15, 0.2) is 66.7 Å². The number of nitrogens with two attached hydrogens (primary N) is 1. The average molecular weight is 546 g/mol. The lowest BCUT2D eigenvalue weighted by Crippen LogP contribution is -2.54. The van der Waals surface area contributed by atoms with Crippen molar-refractivity contribution < 1.29 is 27.8 Å². The van der Waals surface area contributed by atoms with Gasteiger partial charge in [-0.25, -0.2) is 13.6 Å². The van der Waals surface area contributed by atoms with Gasteiger partial charge < -0.3 is 16.2 Å². The fourth-order valence-corrected chi connectivity index (χ4v) is 6.70. The van der Waals surface area contributed by atoms with Gasteiger partial charge in [0.05, 0.1) is 29.7 Å². The number of rotatable bonds is 9. The summed E-state index contributed by atoms with van der Waals surface area (Å²) in [6, 6.07) is 15.2. The van der Waals surface area contributed by atoms with E-state index < -0.39 is 46.4 Å². The number of fused-ring (bicyclic) bond motifs is 1. The zero-order valence-corrected chi connectivity index (χ0v) is 21.9. The molecule has 3 aromatic rings. The van der Waals surface area contributed by atoms with E-state index in [1.165, 1.54) is 4.90 Å². The number of benzene rings is 3. The van der Waals surface area contributed by atoms with Crippen LogP contribution < -0.4 is 16.0 Å². The summed E-state index contributed by atoms with van der Waals surface area (Å²) in [5.41, 5.74) is 9.27. The minimum Gasteiger partial charge on any atom is -0.390 e. The second-order valence-corrected chi connectivity index (χ2v) is 11.8. The van der Waals surface area contributed by atoms with Crippen molar-refractivity contribution in [1.82, 2.24) is 5.32 Å². The maximum atomic E-state index is 14.0. The van der Waals surface area contributed by atoms with Crippen LogP contribution in [0.5, 0.6) is 0 Å². The highest BCUT2D eigenvalue weighted by Gasteiger charge is 2.34. The summed E-state index contributed by atoms with van der Waals surface area (Å²) in [7, 11) is -2.88. The Morgan fingerprint density at radius 3 is 2.39 bits per heavy atom. The van der Waals surface area contributed by atoms with Gasteiger partial charge in [-0.1, -0.05) is 43.3 Å². The molecular formula is C28H33F2N3O4S. The van der Waals surface area contributed by atoms with Crippen LogP contribution in [0, 0.1) is 11.6 Å². The number of carbonyl (C=O) groups is 1. The number of anilines is 1. The molecule has 10 heteroatoms. The molecule has 0 aromatic heterocycles. The molecule has 1 aliphatic rings. The quantitative estimate of drug-likeness (QED) is 0.260. The van der Waals surface area contributed by atoms with Crippen LogP contribution in [0.3, 0.4) is 0 Å². The van der Waals surface area contributed by atoms with Gasteiger partial charge in [0.1, 0.15) is 11.6 Å². The van der Waals surface area contributed by atoms with Crippen molar-refractivity contribution in [3.8, 4) is 0 Å². The van der Waals surface area contributed by atoms with Gasteiger partial charge in [-0.3, -0.25) is 14.0 Å². The van der Waals surface area contributed by atoms with E-state index in [4.69, 9.17) is 5.73 Å². The molecule has 3 atom stereocenters. The van der Waals surface area contributed by atoms with Gasteiger partial charge in [0.25, 0.3) is 0 Å². The Balaban J connectivity index is 1.63. The van der Waals surface area contributed by atoms with Crippen molar-refractivity contribution in [2.75, 3.05) is 17.2 Å². The molecule has 204 valence electrons. The largest absolute Gasteiger partial charge is 0.390 e. The van der Waals surface area contributed by atoms with Crippen LogP contribution in [-0.2, 0) is 18.6 Å². The minimum atomic E-state index is -2.88. The Kier molecular flexibility index (Phi) is 8.69. The van der Waals surface area contributed by atoms with E-state index in [0.717, 1.165) is 41.3 Å². The second-order valence-electron chi connectivity index (χ2n) is 9.62. The standard InChI is InChI=1S/C28H33F2N3O4S/c1-2-18-8-9-20-16-38(36,37)17-25(24(20)12-18)32-15-27(34)26(13-19-10-21(29)14-22(30)11-19)33(28(31)35)23-6-4-3-5-7-23/h3-12,14,25-27,32,34,36-37H,2,13,15-17H2,1H3,(H2,31,35)/t25-,26-,27-/m0/s1. The molecule has 2 amide bonds. The van der Waals surface area contributed by atoms with E-state index in [-0.39, 0.29) is 30.0 Å². The van der Waals surface area contributed by atoms with Crippen molar-refractivity contribution in [2.24, 2.45) is 5.73 Å². The zero-order valence-electron chi connectivity index (χ0n) is 21.1. The van der Waals surface area contributed by atoms with Crippen molar-refractivity contribution in [3.63, 3.8) is 0 Å². The van der Waals surface area contributed by atoms with Gasteiger partial charge in [-0.05, 0) is 59.4 Å². The first-order chi connectivity index (χ1) is 18.1. The first kappa shape index (κ1) is 28.0. The summed E-state index contributed by atoms with van der Waals surface area (Å²) in [5.74, 6) is -1.29. The normalized spacial score (nSPS) is 18.7. The predicted molar refractivity (Wildman–Crippen MR) is 146 cm³/mol. The van der Waals surface area contributed by atoms with E-state index in [9.17, 15) is 27.8 Å². The number of aliphatic hydroxyl groups excluding tert-OH is 1. The number of urea groups is 1. The van der Waals surface area contributed by atoms with Crippen LogP contribution in [0.1, 0.15) is 35.2 Å². The number of hydrogen-bond acceptors (Lipinski definition) is 5. The number of carbonyl (C=O) groups excluding carboxylic acids is 1. The summed E-state index contributed by atoms with van der Waals surface area (Å²) < 4.78 is 49.0. The molecule has 0 radical (unpaired) electrons. The molecule has 6 N–H and O–H groups in total. The lowest BCUT2D eigenvalue weighted by atomic mass is 9.96. The Hall–Kier alpha value is -3.02. The molecular weight excluding hydrogens is 512 g/mol. The smallest absolute Gasteiger partial charge is 0.319 e. The molecule has 3 aromatic carbocycles. The molecule has 0 saturated heterocycles. The van der Waals surface area contributed by atoms with E-state index >= 15 is 0 Å². The summed E-state index contributed by atoms with van der Waals surface area (Å²) in [4.78, 5) is 13.8. The Labute approximate surface area is 222 Å². The molecule has 0 saturated carbocycles. The number of amides is 2. The van der Waals surface area contributed by atoms with Crippen LogP contribution in [0.2, 0.25) is 0 Å². The third-order valence-corrected chi connectivity index (χ3v) is 8.44. The van der Waals surface area contributed by atoms with Crippen LogP contribution in [0.25, 0.3) is 0 Å². The molecule has 38 heavy (non-hydrogen) atoms. The van der Waals surface area contributed by atoms with E-state index in [2.05, 4.69) is 5.32 Å². The summed E-state index contributed by atoms with van der Waals surface area (Å²) in [6.07, 6.45) is -0.489. The maximum Gasteiger partial charge on any atom is 0.319 e. The Morgan fingerprint density at radius 2 is 1.76 bits per heavy atom. The molecule has 0 aliphatic carbocycles. The average Bonchev–Trinajstić information content (AvgIpc) is 2.85. The van der Waals surface area contributed by atoms with Gasteiger partial charge in [0.2, 0.25) is 0 Å². The second kappa shape index (κ2) is 11.8. The van der Waals surface area contributed by atoms with Gasteiger partial charge in [0, 0.05) is 18.3 Å². The minimum absolute atomic E-state index is 0.0466. The molecule has 1 heterocycles. The first-order valence-corrected chi connectivity index (χ1v) is 14.3. The van der Waals surface area contributed by atoms with Crippen molar-refractivity contribution >= 4 is 22.3 Å². The van der Waals surface area contributed by atoms with E-state index in [0.29, 0.717) is 5.69 Å². The summed E-state index contributed by atoms with van der Waals surface area (Å²) >= 11 is 0. The Morgan fingerprint density at radius 1 is 1.08 bits per heavy atom. The summed E-state index contributed by atoms with van der Waals surface area (Å²) in [6.45, 7) is 1.99. The lowest BCUT2D eigenvalue weighted by molar-refractivity contribution is 0.135. The van der Waals surface area contributed by atoms with Gasteiger partial charge >= 0.3 is 6.03 Å². The monoisotopic (exact) mass is 545 g/mol. The number of aryl methyl sites for hydroxylation is 1. The highest BCUT2D eigenvalue weighted by Crippen LogP contribution is 2.50. The van der Waals surface area contributed by atoms with Gasteiger partial charge in [-0.2, -0.15) is 10.6 Å².